The summed E-state index contributed by atoms with van der Waals surface area (Å²) < 4.78 is 11.5. The van der Waals surface area contributed by atoms with Gasteiger partial charge in [0.1, 0.15) is 23.0 Å². The molecule has 2 amide bonds. The molecule has 3 aromatic rings. The maximum Gasteiger partial charge on any atom is 0.407 e. The van der Waals surface area contributed by atoms with Crippen LogP contribution in [-0.2, 0) is 0 Å². The molecule has 0 aliphatic carbocycles. The molecule has 0 saturated carbocycles. The minimum absolute atomic E-state index is 0.0280. The standard InChI is InChI=1S/C23H19ClN4O5/c24-17-8-15-19(32-7-4-12-11-27(23(30)31)5-6-28(12)22(15)29)9-14(17)13-2-1-3-18-20(13)16(10-25)21(26)33-18/h1-3,8-9,12H,4-7,11,26H2,(H,30,31)/t12-/m0/s1. The van der Waals surface area contributed by atoms with Gasteiger partial charge in [-0.3, -0.25) is 4.79 Å². The van der Waals surface area contributed by atoms with Gasteiger partial charge in [-0.1, -0.05) is 23.7 Å². The van der Waals surface area contributed by atoms with Gasteiger partial charge in [-0.2, -0.15) is 5.26 Å². The van der Waals surface area contributed by atoms with Crippen LogP contribution in [0, 0.1) is 11.3 Å². The van der Waals surface area contributed by atoms with Gasteiger partial charge >= 0.3 is 6.09 Å². The topological polar surface area (TPSA) is 133 Å². The molecular weight excluding hydrogens is 448 g/mol. The highest BCUT2D eigenvalue weighted by Gasteiger charge is 2.35. The summed E-state index contributed by atoms with van der Waals surface area (Å²) >= 11 is 6.64. The summed E-state index contributed by atoms with van der Waals surface area (Å²) in [7, 11) is 0. The fourth-order valence-corrected chi connectivity index (χ4v) is 4.82. The molecule has 168 valence electrons. The first-order chi connectivity index (χ1) is 15.9. The number of amides is 2. The van der Waals surface area contributed by atoms with E-state index >= 15 is 0 Å². The van der Waals surface area contributed by atoms with E-state index in [0.29, 0.717) is 58.0 Å². The highest BCUT2D eigenvalue weighted by atomic mass is 35.5. The molecule has 1 saturated heterocycles. The Kier molecular flexibility index (Phi) is 5.02. The molecule has 1 aromatic heterocycles. The number of furan rings is 1. The summed E-state index contributed by atoms with van der Waals surface area (Å²) in [6.07, 6.45) is -0.497. The van der Waals surface area contributed by atoms with E-state index in [-0.39, 0.29) is 36.5 Å². The second-order valence-corrected chi connectivity index (χ2v) is 8.39. The highest BCUT2D eigenvalue weighted by molar-refractivity contribution is 6.34. The average molecular weight is 467 g/mol. The van der Waals surface area contributed by atoms with Crippen molar-refractivity contribution in [3.05, 3.63) is 46.5 Å². The van der Waals surface area contributed by atoms with Gasteiger partial charge in [-0.15, -0.1) is 0 Å². The zero-order chi connectivity index (χ0) is 23.3. The van der Waals surface area contributed by atoms with Gasteiger partial charge in [0.2, 0.25) is 5.88 Å². The van der Waals surface area contributed by atoms with Crippen molar-refractivity contribution in [3.63, 3.8) is 0 Å². The molecule has 33 heavy (non-hydrogen) atoms. The van der Waals surface area contributed by atoms with E-state index in [0.717, 1.165) is 0 Å². The second kappa shape index (κ2) is 7.90. The van der Waals surface area contributed by atoms with Crippen molar-refractivity contribution in [1.82, 2.24) is 9.80 Å². The van der Waals surface area contributed by atoms with Crippen LogP contribution in [0.25, 0.3) is 22.1 Å². The predicted octanol–water partition coefficient (Wildman–Crippen LogP) is 3.79. The number of hydrogen-bond donors (Lipinski definition) is 2. The van der Waals surface area contributed by atoms with Crippen molar-refractivity contribution in [2.75, 3.05) is 32.0 Å². The zero-order valence-corrected chi connectivity index (χ0v) is 18.1. The molecule has 3 heterocycles. The average Bonchev–Trinajstić information content (AvgIpc) is 3.13. The molecule has 0 spiro atoms. The number of rotatable bonds is 1. The fourth-order valence-electron chi connectivity index (χ4n) is 4.55. The van der Waals surface area contributed by atoms with E-state index in [4.69, 9.17) is 26.5 Å². The Balaban J connectivity index is 1.59. The van der Waals surface area contributed by atoms with Crippen LogP contribution in [0.1, 0.15) is 22.3 Å². The predicted molar refractivity (Wildman–Crippen MR) is 120 cm³/mol. The molecule has 2 aromatic carbocycles. The Morgan fingerprint density at radius 1 is 1.24 bits per heavy atom. The molecule has 0 bridgehead atoms. The molecule has 5 rings (SSSR count). The van der Waals surface area contributed by atoms with Crippen molar-refractivity contribution in [1.29, 1.82) is 5.26 Å². The number of anilines is 1. The molecule has 0 radical (unpaired) electrons. The van der Waals surface area contributed by atoms with Crippen molar-refractivity contribution >= 4 is 40.5 Å². The smallest absolute Gasteiger partial charge is 0.407 e. The molecule has 10 heteroatoms. The summed E-state index contributed by atoms with van der Waals surface area (Å²) in [6, 6.07) is 10.4. The molecule has 0 unspecified atom stereocenters. The van der Waals surface area contributed by atoms with Crippen LogP contribution in [0.5, 0.6) is 5.75 Å². The lowest BCUT2D eigenvalue weighted by Crippen LogP contribution is -2.57. The third-order valence-corrected chi connectivity index (χ3v) is 6.48. The van der Waals surface area contributed by atoms with E-state index in [9.17, 15) is 20.0 Å². The third kappa shape index (κ3) is 3.39. The van der Waals surface area contributed by atoms with Crippen LogP contribution in [0.4, 0.5) is 10.7 Å². The Bertz CT molecular complexity index is 1340. The monoisotopic (exact) mass is 466 g/mol. The van der Waals surface area contributed by atoms with Crippen molar-refractivity contribution in [3.8, 4) is 22.9 Å². The molecule has 9 nitrogen and oxygen atoms in total. The largest absolute Gasteiger partial charge is 0.493 e. The summed E-state index contributed by atoms with van der Waals surface area (Å²) in [5.74, 6) is 0.155. The minimum atomic E-state index is -0.996. The maximum absolute atomic E-state index is 13.4. The van der Waals surface area contributed by atoms with Crippen LogP contribution in [0.3, 0.4) is 0 Å². The van der Waals surface area contributed by atoms with E-state index < -0.39 is 6.09 Å². The van der Waals surface area contributed by atoms with Gasteiger partial charge in [0.25, 0.3) is 5.91 Å². The number of nitrogens with two attached hydrogens (primary N) is 1. The fraction of sp³-hybridized carbons (Fsp3) is 0.261. The van der Waals surface area contributed by atoms with Gasteiger partial charge in [-0.25, -0.2) is 4.79 Å². The lowest BCUT2D eigenvalue weighted by atomic mass is 9.96. The first-order valence-electron chi connectivity index (χ1n) is 10.4. The number of carbonyl (C=O) groups is 2. The first kappa shape index (κ1) is 21.0. The number of piperazine rings is 1. The first-order valence-corrected chi connectivity index (χ1v) is 10.7. The van der Waals surface area contributed by atoms with E-state index in [1.165, 1.54) is 4.90 Å². The zero-order valence-electron chi connectivity index (χ0n) is 17.4. The summed E-state index contributed by atoms with van der Waals surface area (Å²) in [5, 5.41) is 19.7. The third-order valence-electron chi connectivity index (χ3n) is 6.17. The van der Waals surface area contributed by atoms with Gasteiger partial charge in [-0.05, 0) is 23.8 Å². The number of benzene rings is 2. The van der Waals surface area contributed by atoms with Crippen molar-refractivity contribution in [2.24, 2.45) is 0 Å². The molecule has 2 aliphatic rings. The van der Waals surface area contributed by atoms with E-state index in [1.54, 1.807) is 35.2 Å². The van der Waals surface area contributed by atoms with Crippen LogP contribution in [0.15, 0.2) is 34.7 Å². The summed E-state index contributed by atoms with van der Waals surface area (Å²) in [5.41, 5.74) is 8.09. The molecular formula is C23H19ClN4O5. The number of nitrogen functional groups attached to an aromatic ring is 1. The Morgan fingerprint density at radius 2 is 2.06 bits per heavy atom. The van der Waals surface area contributed by atoms with Crippen LogP contribution < -0.4 is 10.5 Å². The van der Waals surface area contributed by atoms with Gasteiger partial charge < -0.3 is 29.8 Å². The SMILES string of the molecule is N#Cc1c(N)oc2cccc(-c3cc4c(cc3Cl)C(=O)N3CCN(C(=O)O)C[C@@H]3CCO4)c12. The molecule has 1 fully saturated rings. The number of nitrogens with zero attached hydrogens (tertiary/aromatic N) is 3. The highest BCUT2D eigenvalue weighted by Crippen LogP contribution is 2.42. The Morgan fingerprint density at radius 3 is 2.82 bits per heavy atom. The van der Waals surface area contributed by atoms with Gasteiger partial charge in [0.15, 0.2) is 0 Å². The number of fused-ring (bicyclic) bond motifs is 3. The number of hydrogen-bond acceptors (Lipinski definition) is 6. The number of carbonyl (C=O) groups excluding carboxylic acids is 1. The van der Waals surface area contributed by atoms with E-state index in [2.05, 4.69) is 6.07 Å². The number of halogens is 1. The van der Waals surface area contributed by atoms with Crippen molar-refractivity contribution < 1.29 is 23.8 Å². The lowest BCUT2D eigenvalue weighted by molar-refractivity contribution is 0.0374. The summed E-state index contributed by atoms with van der Waals surface area (Å²) in [6.45, 7) is 1.10. The lowest BCUT2D eigenvalue weighted by Gasteiger charge is -2.41. The number of carboxylic acid groups (broad SMARTS) is 1. The van der Waals surface area contributed by atoms with E-state index in [1.807, 2.05) is 0 Å². The van der Waals surface area contributed by atoms with Crippen LogP contribution in [-0.4, -0.2) is 59.2 Å². The van der Waals surface area contributed by atoms with Gasteiger partial charge in [0.05, 0.1) is 18.2 Å². The number of ether oxygens (including phenoxy) is 1. The summed E-state index contributed by atoms with van der Waals surface area (Å²) in [4.78, 5) is 27.7. The quantitative estimate of drug-likeness (QED) is 0.557. The van der Waals surface area contributed by atoms with Gasteiger partial charge in [0, 0.05) is 42.0 Å². The van der Waals surface area contributed by atoms with Crippen LogP contribution in [0.2, 0.25) is 5.02 Å². The molecule has 1 atom stereocenters. The maximum atomic E-state index is 13.4. The van der Waals surface area contributed by atoms with Crippen molar-refractivity contribution in [2.45, 2.75) is 12.5 Å². The molecule has 2 aliphatic heterocycles. The van der Waals surface area contributed by atoms with Crippen LogP contribution >= 0.6 is 11.6 Å². The normalized spacial score (nSPS) is 18.1. The molecule has 3 N–H and O–H groups in total. The Hall–Kier alpha value is -3.90. The minimum Gasteiger partial charge on any atom is -0.493 e. The second-order valence-electron chi connectivity index (χ2n) is 7.98. The Labute approximate surface area is 193 Å². The number of nitriles is 1.